The van der Waals surface area contributed by atoms with Gasteiger partial charge in [-0.15, -0.1) is 0 Å². The first-order chi connectivity index (χ1) is 14.5. The SMILES string of the molecule is CC1CCN(C(=O)c2ccc(-c3ccc(N4CCN(C(C)C)CC4)nc3)cc2)CC1. The molecule has 2 saturated heterocycles. The van der Waals surface area contributed by atoms with Crippen LogP contribution in [0.4, 0.5) is 5.82 Å². The highest BCUT2D eigenvalue weighted by atomic mass is 16.2. The highest BCUT2D eigenvalue weighted by molar-refractivity contribution is 5.94. The van der Waals surface area contributed by atoms with Gasteiger partial charge in [0.15, 0.2) is 0 Å². The van der Waals surface area contributed by atoms with Crippen LogP contribution in [-0.4, -0.2) is 66.0 Å². The molecule has 1 amide bonds. The normalized spacial score (nSPS) is 18.8. The fraction of sp³-hybridized carbons (Fsp3) is 0.520. The molecule has 2 aliphatic rings. The largest absolute Gasteiger partial charge is 0.354 e. The number of carbonyl (C=O) groups excluding carboxylic acids is 1. The molecule has 0 N–H and O–H groups in total. The average molecular weight is 407 g/mol. The van der Waals surface area contributed by atoms with Crippen molar-refractivity contribution in [3.05, 3.63) is 48.2 Å². The fourth-order valence-electron chi connectivity index (χ4n) is 4.41. The van der Waals surface area contributed by atoms with E-state index in [4.69, 9.17) is 4.98 Å². The fourth-order valence-corrected chi connectivity index (χ4v) is 4.41. The van der Waals surface area contributed by atoms with Gasteiger partial charge >= 0.3 is 0 Å². The maximum atomic E-state index is 12.7. The van der Waals surface area contributed by atoms with Crippen molar-refractivity contribution in [2.45, 2.75) is 39.7 Å². The van der Waals surface area contributed by atoms with Gasteiger partial charge in [-0.05, 0) is 62.4 Å². The standard InChI is InChI=1S/C25H34N4O/c1-19(2)27-14-16-28(17-15-27)24-9-8-23(18-26-24)21-4-6-22(7-5-21)25(30)29-12-10-20(3)11-13-29/h4-9,18-20H,10-17H2,1-3H3. The summed E-state index contributed by atoms with van der Waals surface area (Å²) in [4.78, 5) is 24.3. The van der Waals surface area contributed by atoms with Crippen molar-refractivity contribution in [3.8, 4) is 11.1 Å². The van der Waals surface area contributed by atoms with Crippen LogP contribution in [0.25, 0.3) is 11.1 Å². The number of carbonyl (C=O) groups is 1. The van der Waals surface area contributed by atoms with E-state index in [0.717, 1.165) is 80.5 Å². The lowest BCUT2D eigenvalue weighted by Crippen LogP contribution is -2.49. The van der Waals surface area contributed by atoms with Crippen molar-refractivity contribution in [1.29, 1.82) is 0 Å². The monoisotopic (exact) mass is 406 g/mol. The first kappa shape index (κ1) is 20.9. The summed E-state index contributed by atoms with van der Waals surface area (Å²) in [6, 6.07) is 12.9. The molecule has 5 heteroatoms. The molecule has 160 valence electrons. The predicted molar refractivity (Wildman–Crippen MR) is 123 cm³/mol. The third-order valence-corrected chi connectivity index (χ3v) is 6.65. The molecule has 2 aromatic rings. The van der Waals surface area contributed by atoms with Crippen LogP contribution in [0.3, 0.4) is 0 Å². The van der Waals surface area contributed by atoms with Crippen molar-refractivity contribution < 1.29 is 4.79 Å². The Kier molecular flexibility index (Phi) is 6.38. The van der Waals surface area contributed by atoms with Gasteiger partial charge in [0.2, 0.25) is 0 Å². The number of likely N-dealkylation sites (tertiary alicyclic amines) is 1. The van der Waals surface area contributed by atoms with Crippen LogP contribution < -0.4 is 4.90 Å². The summed E-state index contributed by atoms with van der Waals surface area (Å²) in [6.45, 7) is 12.8. The molecule has 0 unspecified atom stereocenters. The minimum atomic E-state index is 0.155. The summed E-state index contributed by atoms with van der Waals surface area (Å²) in [5, 5.41) is 0. The van der Waals surface area contributed by atoms with Crippen LogP contribution in [0.15, 0.2) is 42.6 Å². The van der Waals surface area contributed by atoms with Gasteiger partial charge in [-0.1, -0.05) is 19.1 Å². The van der Waals surface area contributed by atoms with Gasteiger partial charge in [0.25, 0.3) is 5.91 Å². The predicted octanol–water partition coefficient (Wildman–Crippen LogP) is 4.15. The highest BCUT2D eigenvalue weighted by Gasteiger charge is 2.22. The van der Waals surface area contributed by atoms with Crippen molar-refractivity contribution >= 4 is 11.7 Å². The molecule has 5 nitrogen and oxygen atoms in total. The Labute approximate surface area is 180 Å². The van der Waals surface area contributed by atoms with Crippen LogP contribution in [0, 0.1) is 5.92 Å². The molecule has 0 aliphatic carbocycles. The molecular formula is C25H34N4O. The molecule has 0 saturated carbocycles. The Morgan fingerprint density at radius 2 is 1.53 bits per heavy atom. The molecule has 1 aromatic carbocycles. The molecule has 1 aromatic heterocycles. The van der Waals surface area contributed by atoms with Crippen LogP contribution in [0.5, 0.6) is 0 Å². The number of hydrogen-bond acceptors (Lipinski definition) is 4. The number of aromatic nitrogens is 1. The molecule has 2 fully saturated rings. The summed E-state index contributed by atoms with van der Waals surface area (Å²) in [5.41, 5.74) is 2.97. The summed E-state index contributed by atoms with van der Waals surface area (Å²) in [7, 11) is 0. The average Bonchev–Trinajstić information content (AvgIpc) is 2.79. The van der Waals surface area contributed by atoms with Gasteiger partial charge in [-0.3, -0.25) is 9.69 Å². The minimum Gasteiger partial charge on any atom is -0.354 e. The Hall–Kier alpha value is -2.40. The number of piperidine rings is 1. The van der Waals surface area contributed by atoms with E-state index in [1.165, 1.54) is 0 Å². The van der Waals surface area contributed by atoms with E-state index >= 15 is 0 Å². The third kappa shape index (κ3) is 4.67. The van der Waals surface area contributed by atoms with E-state index in [2.05, 4.69) is 42.7 Å². The number of hydrogen-bond donors (Lipinski definition) is 0. The number of pyridine rings is 1. The van der Waals surface area contributed by atoms with E-state index in [9.17, 15) is 4.79 Å². The van der Waals surface area contributed by atoms with Crippen molar-refractivity contribution in [3.63, 3.8) is 0 Å². The second kappa shape index (κ2) is 9.17. The zero-order valence-corrected chi connectivity index (χ0v) is 18.6. The van der Waals surface area contributed by atoms with Gasteiger partial charge in [-0.25, -0.2) is 4.98 Å². The summed E-state index contributed by atoms with van der Waals surface area (Å²) < 4.78 is 0. The second-order valence-electron chi connectivity index (χ2n) is 9.07. The molecule has 0 radical (unpaired) electrons. The number of nitrogens with zero attached hydrogens (tertiary/aromatic N) is 4. The Bertz CT molecular complexity index is 830. The van der Waals surface area contributed by atoms with E-state index in [1.54, 1.807) is 0 Å². The Balaban J connectivity index is 1.38. The topological polar surface area (TPSA) is 39.7 Å². The Morgan fingerprint density at radius 3 is 2.10 bits per heavy atom. The van der Waals surface area contributed by atoms with E-state index < -0.39 is 0 Å². The first-order valence-corrected chi connectivity index (χ1v) is 11.4. The highest BCUT2D eigenvalue weighted by Crippen LogP contribution is 2.24. The van der Waals surface area contributed by atoms with Gasteiger partial charge in [0.05, 0.1) is 0 Å². The summed E-state index contributed by atoms with van der Waals surface area (Å²) >= 11 is 0. The Morgan fingerprint density at radius 1 is 0.900 bits per heavy atom. The van der Waals surface area contributed by atoms with Crippen LogP contribution in [-0.2, 0) is 0 Å². The van der Waals surface area contributed by atoms with Crippen LogP contribution >= 0.6 is 0 Å². The number of amides is 1. The number of benzene rings is 1. The van der Waals surface area contributed by atoms with Gasteiger partial charge in [-0.2, -0.15) is 0 Å². The van der Waals surface area contributed by atoms with E-state index in [0.29, 0.717) is 6.04 Å². The minimum absolute atomic E-state index is 0.155. The maximum Gasteiger partial charge on any atom is 0.253 e. The molecular weight excluding hydrogens is 372 g/mol. The van der Waals surface area contributed by atoms with Crippen molar-refractivity contribution in [2.75, 3.05) is 44.2 Å². The van der Waals surface area contributed by atoms with Crippen molar-refractivity contribution in [2.24, 2.45) is 5.92 Å². The van der Waals surface area contributed by atoms with Crippen molar-refractivity contribution in [1.82, 2.24) is 14.8 Å². The summed E-state index contributed by atoms with van der Waals surface area (Å²) in [6.07, 6.45) is 4.16. The molecule has 0 spiro atoms. The maximum absolute atomic E-state index is 12.7. The van der Waals surface area contributed by atoms with Gasteiger partial charge in [0, 0.05) is 62.6 Å². The number of piperazine rings is 1. The third-order valence-electron chi connectivity index (χ3n) is 6.65. The van der Waals surface area contributed by atoms with E-state index in [-0.39, 0.29) is 5.91 Å². The van der Waals surface area contributed by atoms with Crippen LogP contribution in [0.1, 0.15) is 44.0 Å². The zero-order valence-electron chi connectivity index (χ0n) is 18.6. The molecule has 0 atom stereocenters. The zero-order chi connectivity index (χ0) is 21.1. The lowest BCUT2D eigenvalue weighted by molar-refractivity contribution is 0.0697. The first-order valence-electron chi connectivity index (χ1n) is 11.4. The molecule has 2 aliphatic heterocycles. The molecule has 0 bridgehead atoms. The smallest absolute Gasteiger partial charge is 0.253 e. The van der Waals surface area contributed by atoms with Gasteiger partial charge < -0.3 is 9.80 Å². The lowest BCUT2D eigenvalue weighted by Gasteiger charge is -2.37. The molecule has 4 rings (SSSR count). The lowest BCUT2D eigenvalue weighted by atomic mass is 9.98. The second-order valence-corrected chi connectivity index (χ2v) is 9.07. The molecule has 30 heavy (non-hydrogen) atoms. The number of anilines is 1. The summed E-state index contributed by atoms with van der Waals surface area (Å²) in [5.74, 6) is 1.93. The van der Waals surface area contributed by atoms with E-state index in [1.807, 2.05) is 35.4 Å². The molecule has 3 heterocycles. The quantitative estimate of drug-likeness (QED) is 0.765. The van der Waals surface area contributed by atoms with Gasteiger partial charge in [0.1, 0.15) is 5.82 Å². The number of rotatable bonds is 4. The van der Waals surface area contributed by atoms with Crippen LogP contribution in [0.2, 0.25) is 0 Å².